The van der Waals surface area contributed by atoms with E-state index >= 15 is 0 Å². The maximum Gasteiger partial charge on any atom is 0.433 e. The highest BCUT2D eigenvalue weighted by Gasteiger charge is 2.18. The molecule has 0 aliphatic carbocycles. The largest absolute Gasteiger partial charge is 0.461 e. The number of aliphatic imine (C=N–C) groups is 1. The Balaban J connectivity index is 4.67. The molecule has 0 fully saturated rings. The van der Waals surface area contributed by atoms with Crippen LogP contribution in [-0.4, -0.2) is 31.5 Å². The second-order valence-corrected chi connectivity index (χ2v) is 2.84. The third kappa shape index (κ3) is 4.02. The van der Waals surface area contributed by atoms with E-state index in [0.29, 0.717) is 0 Å². The van der Waals surface area contributed by atoms with E-state index in [1.165, 1.54) is 7.11 Å². The molecular weight excluding hydrogens is 186 g/mol. The Hall–Kier alpha value is -1.39. The van der Waals surface area contributed by atoms with Crippen LogP contribution < -0.4 is 0 Å². The Bertz CT molecular complexity index is 245. The Kier molecular flexibility index (Phi) is 5.52. The molecule has 14 heavy (non-hydrogen) atoms. The normalized spacial score (nSPS) is 11.4. The van der Waals surface area contributed by atoms with Crippen molar-refractivity contribution in [2.45, 2.75) is 20.8 Å². The lowest BCUT2D eigenvalue weighted by atomic mass is 10.1. The molecule has 5 nitrogen and oxygen atoms in total. The lowest BCUT2D eigenvalue weighted by molar-refractivity contribution is -0.135. The highest BCUT2D eigenvalue weighted by Crippen LogP contribution is 2.01. The Morgan fingerprint density at radius 2 is 1.93 bits per heavy atom. The first-order valence-electron chi connectivity index (χ1n) is 4.36. The van der Waals surface area contributed by atoms with Crippen LogP contribution in [0.25, 0.3) is 0 Å². The van der Waals surface area contributed by atoms with Gasteiger partial charge in [-0.15, -0.1) is 0 Å². The summed E-state index contributed by atoms with van der Waals surface area (Å²) in [6.45, 7) is 5.44. The van der Waals surface area contributed by atoms with Crippen LogP contribution in [0, 0.1) is 5.92 Å². The molecule has 0 spiro atoms. The topological polar surface area (TPSA) is 65.0 Å². The van der Waals surface area contributed by atoms with Crippen molar-refractivity contribution in [3.8, 4) is 0 Å². The van der Waals surface area contributed by atoms with Gasteiger partial charge in [0.1, 0.15) is 5.71 Å². The molecule has 0 N–H and O–H groups in total. The molecule has 0 aromatic carbocycles. The van der Waals surface area contributed by atoms with Crippen LogP contribution in [0.5, 0.6) is 0 Å². The molecule has 0 aliphatic rings. The number of hydrogen-bond donors (Lipinski definition) is 0. The number of ether oxygens (including phenoxy) is 2. The van der Waals surface area contributed by atoms with Crippen molar-refractivity contribution >= 4 is 17.8 Å². The fraction of sp³-hybridized carbons (Fsp3) is 0.667. The van der Waals surface area contributed by atoms with Gasteiger partial charge in [0.15, 0.2) is 0 Å². The first-order chi connectivity index (χ1) is 6.52. The molecule has 0 radical (unpaired) electrons. The van der Waals surface area contributed by atoms with Crippen LogP contribution in [-0.2, 0) is 14.3 Å². The Morgan fingerprint density at radius 3 is 2.29 bits per heavy atom. The minimum absolute atomic E-state index is 0.0821. The molecule has 0 saturated carbocycles. The summed E-state index contributed by atoms with van der Waals surface area (Å²) in [6, 6.07) is 0. The van der Waals surface area contributed by atoms with E-state index in [-0.39, 0.29) is 18.2 Å². The van der Waals surface area contributed by atoms with Crippen molar-refractivity contribution in [3.63, 3.8) is 0 Å². The number of hydrogen-bond acceptors (Lipinski definition) is 4. The number of amides is 1. The van der Waals surface area contributed by atoms with Crippen LogP contribution in [0.2, 0.25) is 0 Å². The van der Waals surface area contributed by atoms with Crippen molar-refractivity contribution in [1.29, 1.82) is 0 Å². The summed E-state index contributed by atoms with van der Waals surface area (Å²) in [5.74, 6) is -0.749. The van der Waals surface area contributed by atoms with Gasteiger partial charge in [-0.2, -0.15) is 4.99 Å². The molecule has 0 heterocycles. The van der Waals surface area contributed by atoms with E-state index in [1.807, 2.05) is 0 Å². The predicted octanol–water partition coefficient (Wildman–Crippen LogP) is 1.41. The molecule has 80 valence electrons. The van der Waals surface area contributed by atoms with Crippen LogP contribution in [0.3, 0.4) is 0 Å². The second kappa shape index (κ2) is 6.12. The lowest BCUT2D eigenvalue weighted by Crippen LogP contribution is -2.24. The maximum absolute atomic E-state index is 11.3. The molecule has 0 bridgehead atoms. The third-order valence-electron chi connectivity index (χ3n) is 1.42. The van der Waals surface area contributed by atoms with Gasteiger partial charge in [0.2, 0.25) is 0 Å². The fourth-order valence-electron chi connectivity index (χ4n) is 0.759. The summed E-state index contributed by atoms with van der Waals surface area (Å²) in [5.41, 5.74) is 0.0821. The van der Waals surface area contributed by atoms with Gasteiger partial charge in [0.25, 0.3) is 0 Å². The highest BCUT2D eigenvalue weighted by atomic mass is 16.5. The Morgan fingerprint density at radius 1 is 1.36 bits per heavy atom. The average Bonchev–Trinajstić information content (AvgIpc) is 2.13. The van der Waals surface area contributed by atoms with E-state index in [4.69, 9.17) is 4.74 Å². The van der Waals surface area contributed by atoms with Crippen molar-refractivity contribution < 1.29 is 19.1 Å². The predicted molar refractivity (Wildman–Crippen MR) is 51.3 cm³/mol. The van der Waals surface area contributed by atoms with Crippen LogP contribution in [0.15, 0.2) is 4.99 Å². The Labute approximate surface area is 83.1 Å². The maximum atomic E-state index is 11.3. The first kappa shape index (κ1) is 12.6. The molecule has 1 amide bonds. The third-order valence-corrected chi connectivity index (χ3v) is 1.42. The molecule has 0 atom stereocenters. The van der Waals surface area contributed by atoms with Gasteiger partial charge in [-0.3, -0.25) is 0 Å². The molecule has 0 aromatic rings. The van der Waals surface area contributed by atoms with Crippen LogP contribution in [0.4, 0.5) is 4.79 Å². The fourth-order valence-corrected chi connectivity index (χ4v) is 0.759. The molecular formula is C9H15NO4. The number of carbonyl (C=O) groups excluding carboxylic acids is 2. The summed E-state index contributed by atoms with van der Waals surface area (Å²) in [5, 5.41) is 0. The summed E-state index contributed by atoms with van der Waals surface area (Å²) in [7, 11) is 1.20. The van der Waals surface area contributed by atoms with Gasteiger partial charge in [-0.05, 0) is 6.92 Å². The molecule has 0 aromatic heterocycles. The zero-order valence-electron chi connectivity index (χ0n) is 8.86. The smallest absolute Gasteiger partial charge is 0.433 e. The molecule has 0 saturated heterocycles. The van der Waals surface area contributed by atoms with Gasteiger partial charge < -0.3 is 9.47 Å². The second-order valence-electron chi connectivity index (χ2n) is 2.84. The van der Waals surface area contributed by atoms with Crippen molar-refractivity contribution in [2.75, 3.05) is 13.7 Å². The van der Waals surface area contributed by atoms with Crippen molar-refractivity contribution in [2.24, 2.45) is 10.9 Å². The average molecular weight is 201 g/mol. The van der Waals surface area contributed by atoms with Gasteiger partial charge in [0, 0.05) is 5.92 Å². The summed E-state index contributed by atoms with van der Waals surface area (Å²) in [4.78, 5) is 25.6. The number of carbonyl (C=O) groups is 2. The SMILES string of the molecule is CCOC(=O)C(=NC(=O)OC)C(C)C. The van der Waals surface area contributed by atoms with Crippen molar-refractivity contribution in [3.05, 3.63) is 0 Å². The zero-order chi connectivity index (χ0) is 11.1. The minimum Gasteiger partial charge on any atom is -0.461 e. The summed E-state index contributed by atoms with van der Waals surface area (Å²) in [6.07, 6.45) is -0.790. The first-order valence-corrected chi connectivity index (χ1v) is 4.36. The van der Waals surface area contributed by atoms with E-state index in [1.54, 1.807) is 20.8 Å². The monoisotopic (exact) mass is 201 g/mol. The number of methoxy groups -OCH3 is 1. The molecule has 0 rings (SSSR count). The van der Waals surface area contributed by atoms with Gasteiger partial charge in [-0.25, -0.2) is 9.59 Å². The van der Waals surface area contributed by atoms with Crippen LogP contribution >= 0.6 is 0 Å². The standard InChI is InChI=1S/C9H15NO4/c1-5-14-8(11)7(6(2)3)10-9(12)13-4/h6H,5H2,1-4H3. The number of esters is 1. The lowest BCUT2D eigenvalue weighted by Gasteiger charge is -2.07. The molecule has 5 heteroatoms. The van der Waals surface area contributed by atoms with E-state index in [0.717, 1.165) is 0 Å². The summed E-state index contributed by atoms with van der Waals surface area (Å²) < 4.78 is 9.06. The van der Waals surface area contributed by atoms with Gasteiger partial charge in [-0.1, -0.05) is 13.8 Å². The van der Waals surface area contributed by atoms with Gasteiger partial charge in [0.05, 0.1) is 13.7 Å². The highest BCUT2D eigenvalue weighted by molar-refractivity contribution is 6.38. The minimum atomic E-state index is -0.790. The van der Waals surface area contributed by atoms with Crippen molar-refractivity contribution in [1.82, 2.24) is 0 Å². The number of nitrogens with zero attached hydrogens (tertiary/aromatic N) is 1. The van der Waals surface area contributed by atoms with E-state index in [9.17, 15) is 9.59 Å². The molecule has 0 unspecified atom stereocenters. The molecule has 0 aliphatic heterocycles. The van der Waals surface area contributed by atoms with Gasteiger partial charge >= 0.3 is 12.1 Å². The zero-order valence-corrected chi connectivity index (χ0v) is 8.86. The van der Waals surface area contributed by atoms with E-state index in [2.05, 4.69) is 9.73 Å². The quantitative estimate of drug-likeness (QED) is 0.511. The number of rotatable bonds is 3. The van der Waals surface area contributed by atoms with E-state index < -0.39 is 12.1 Å². The summed E-state index contributed by atoms with van der Waals surface area (Å²) >= 11 is 0. The van der Waals surface area contributed by atoms with Crippen LogP contribution in [0.1, 0.15) is 20.8 Å².